The number of carbonyl (C=O) groups excluding carboxylic acids is 2. The number of carbonyl (C=O) groups is 2. The molecule has 0 saturated heterocycles. The highest BCUT2D eigenvalue weighted by molar-refractivity contribution is 7.27. The van der Waals surface area contributed by atoms with Gasteiger partial charge in [-0.1, -0.05) is 57.2 Å². The van der Waals surface area contributed by atoms with Crippen LogP contribution in [0, 0.1) is 11.7 Å². The Labute approximate surface area is 212 Å². The molecule has 1 aliphatic rings. The highest BCUT2D eigenvalue weighted by Gasteiger charge is 2.30. The Kier molecular flexibility index (Phi) is 9.48. The molecule has 2 aromatic carbocycles. The molecule has 36 heavy (non-hydrogen) atoms. The summed E-state index contributed by atoms with van der Waals surface area (Å²) >= 11 is 0. The zero-order valence-electron chi connectivity index (χ0n) is 20.7. The van der Waals surface area contributed by atoms with Crippen molar-refractivity contribution >= 4 is 26.4 Å². The monoisotopic (exact) mass is 511 g/mol. The fraction of sp³-hybridized carbons (Fsp3) is 0.333. The normalized spacial score (nSPS) is 12.6. The minimum absolute atomic E-state index is 0.0659. The van der Waals surface area contributed by atoms with Gasteiger partial charge in [-0.25, -0.2) is 4.39 Å². The van der Waals surface area contributed by atoms with Gasteiger partial charge >= 0.3 is 5.97 Å². The summed E-state index contributed by atoms with van der Waals surface area (Å²) in [6.45, 7) is 6.91. The summed E-state index contributed by atoms with van der Waals surface area (Å²) in [6.07, 6.45) is 2.67. The summed E-state index contributed by atoms with van der Waals surface area (Å²) in [5, 5.41) is 5.10. The van der Waals surface area contributed by atoms with E-state index in [1.54, 1.807) is 30.9 Å². The number of esters is 1. The summed E-state index contributed by atoms with van der Waals surface area (Å²) in [5.41, 5.74) is 1.72. The fourth-order valence-electron chi connectivity index (χ4n) is 3.70. The Balaban J connectivity index is 0.000000212. The number of rotatable bonds is 6. The van der Waals surface area contributed by atoms with Crippen molar-refractivity contribution < 1.29 is 18.7 Å². The Bertz CT molecular complexity index is 1250. The molecule has 190 valence electrons. The molecule has 7 nitrogen and oxygen atoms in total. The molecule has 3 aromatic rings. The van der Waals surface area contributed by atoms with Crippen LogP contribution in [0.25, 0.3) is 0 Å². The zero-order chi connectivity index (χ0) is 26.2. The minimum Gasteiger partial charge on any atom is -0.420 e. The van der Waals surface area contributed by atoms with Crippen molar-refractivity contribution in [2.75, 3.05) is 13.1 Å². The van der Waals surface area contributed by atoms with Gasteiger partial charge in [0, 0.05) is 13.1 Å². The van der Waals surface area contributed by atoms with Crippen LogP contribution in [0.2, 0.25) is 0 Å². The summed E-state index contributed by atoms with van der Waals surface area (Å²) in [4.78, 5) is 37.8. The van der Waals surface area contributed by atoms with Gasteiger partial charge < -0.3 is 9.64 Å². The van der Waals surface area contributed by atoms with Crippen molar-refractivity contribution in [3.05, 3.63) is 87.6 Å². The first-order chi connectivity index (χ1) is 17.2. The van der Waals surface area contributed by atoms with Crippen LogP contribution in [0.15, 0.2) is 59.5 Å². The standard InChI is InChI=1S/C14H19N3O4.C13H12FP/c1-4-5-16-6-7-17-11(13(16)19)12(10(18)8-15-17)21-14(20)9(2)3;14-12-5-1-3-10(8-12)7-11-4-2-6-13(15)9-11/h8-9H,4-7H2,1-3H3;1-6,8-9H,7,15H2. The molecule has 1 aliphatic heterocycles. The van der Waals surface area contributed by atoms with Crippen molar-refractivity contribution in [3.8, 4) is 5.75 Å². The molecule has 0 spiro atoms. The Morgan fingerprint density at radius 2 is 1.81 bits per heavy atom. The maximum Gasteiger partial charge on any atom is 0.313 e. The highest BCUT2D eigenvalue weighted by Crippen LogP contribution is 2.20. The van der Waals surface area contributed by atoms with Gasteiger partial charge in [0.25, 0.3) is 5.91 Å². The fourth-order valence-corrected chi connectivity index (χ4v) is 4.03. The third-order valence-electron chi connectivity index (χ3n) is 5.50. The van der Waals surface area contributed by atoms with Crippen LogP contribution in [0.3, 0.4) is 0 Å². The Morgan fingerprint density at radius 3 is 2.44 bits per heavy atom. The highest BCUT2D eigenvalue weighted by atomic mass is 31.0. The largest absolute Gasteiger partial charge is 0.420 e. The van der Waals surface area contributed by atoms with Gasteiger partial charge in [0.05, 0.1) is 18.7 Å². The van der Waals surface area contributed by atoms with E-state index in [-0.39, 0.29) is 29.1 Å². The van der Waals surface area contributed by atoms with E-state index in [0.29, 0.717) is 19.6 Å². The van der Waals surface area contributed by atoms with E-state index in [1.165, 1.54) is 16.3 Å². The Hall–Kier alpha value is -3.38. The van der Waals surface area contributed by atoms with E-state index < -0.39 is 11.4 Å². The predicted octanol–water partition coefficient (Wildman–Crippen LogP) is 3.59. The van der Waals surface area contributed by atoms with Gasteiger partial charge in [0.1, 0.15) is 5.82 Å². The molecule has 1 amide bonds. The first-order valence-corrected chi connectivity index (χ1v) is 12.5. The van der Waals surface area contributed by atoms with Crippen molar-refractivity contribution in [2.45, 2.75) is 40.2 Å². The maximum absolute atomic E-state index is 12.9. The van der Waals surface area contributed by atoms with Crippen LogP contribution in [0.1, 0.15) is 48.8 Å². The first-order valence-electron chi connectivity index (χ1n) is 11.9. The molecule has 1 unspecified atom stereocenters. The number of aromatic nitrogens is 2. The van der Waals surface area contributed by atoms with Crippen molar-refractivity contribution in [3.63, 3.8) is 0 Å². The van der Waals surface area contributed by atoms with Crippen LogP contribution in [-0.4, -0.2) is 39.6 Å². The molecular weight excluding hydrogens is 480 g/mol. The van der Waals surface area contributed by atoms with Gasteiger partial charge in [-0.05, 0) is 41.4 Å². The topological polar surface area (TPSA) is 81.5 Å². The lowest BCUT2D eigenvalue weighted by molar-refractivity contribution is -0.137. The average molecular weight is 512 g/mol. The maximum atomic E-state index is 12.9. The molecule has 0 fully saturated rings. The van der Waals surface area contributed by atoms with E-state index in [1.807, 2.05) is 25.1 Å². The van der Waals surface area contributed by atoms with Crippen molar-refractivity contribution in [1.82, 2.24) is 14.7 Å². The minimum atomic E-state index is -0.554. The number of fused-ring (bicyclic) bond motifs is 1. The summed E-state index contributed by atoms with van der Waals surface area (Å²) in [5.74, 6) is -1.63. The van der Waals surface area contributed by atoms with E-state index >= 15 is 0 Å². The molecule has 2 heterocycles. The van der Waals surface area contributed by atoms with Crippen molar-refractivity contribution in [1.29, 1.82) is 0 Å². The van der Waals surface area contributed by atoms with Gasteiger partial charge in [0.15, 0.2) is 5.69 Å². The van der Waals surface area contributed by atoms with Gasteiger partial charge in [-0.3, -0.25) is 19.1 Å². The van der Waals surface area contributed by atoms with E-state index in [0.717, 1.165) is 29.9 Å². The van der Waals surface area contributed by atoms with Crippen LogP contribution in [0.5, 0.6) is 5.75 Å². The number of hydrogen-bond donors (Lipinski definition) is 0. The predicted molar refractivity (Wildman–Crippen MR) is 140 cm³/mol. The second-order valence-electron chi connectivity index (χ2n) is 8.83. The number of hydrogen-bond acceptors (Lipinski definition) is 5. The SMILES string of the molecule is CCCN1CCn2ncc(=O)c(OC(=O)C(C)C)c2C1=O.Fc1cccc(Cc2cccc(P)c2)c1. The molecular formula is C27H31FN3O4P. The van der Waals surface area contributed by atoms with Gasteiger partial charge in [-0.2, -0.15) is 5.10 Å². The van der Waals surface area contributed by atoms with Gasteiger partial charge in [0.2, 0.25) is 11.2 Å². The summed E-state index contributed by atoms with van der Waals surface area (Å²) < 4.78 is 19.5. The lowest BCUT2D eigenvalue weighted by Crippen LogP contribution is -2.43. The molecule has 0 saturated carbocycles. The molecule has 0 bridgehead atoms. The lowest BCUT2D eigenvalue weighted by atomic mass is 10.1. The quantitative estimate of drug-likeness (QED) is 0.373. The first kappa shape index (κ1) is 27.2. The van der Waals surface area contributed by atoms with E-state index in [4.69, 9.17) is 4.74 Å². The number of benzene rings is 2. The Morgan fingerprint density at radius 1 is 1.11 bits per heavy atom. The third-order valence-corrected chi connectivity index (χ3v) is 5.86. The third kappa shape index (κ3) is 7.08. The smallest absolute Gasteiger partial charge is 0.313 e. The van der Waals surface area contributed by atoms with E-state index in [2.05, 4.69) is 26.5 Å². The summed E-state index contributed by atoms with van der Waals surface area (Å²) in [6, 6.07) is 14.9. The van der Waals surface area contributed by atoms with Crippen LogP contribution < -0.4 is 15.5 Å². The number of nitrogens with zero attached hydrogens (tertiary/aromatic N) is 3. The number of amides is 1. The second kappa shape index (κ2) is 12.5. The van der Waals surface area contributed by atoms with Crippen LogP contribution >= 0.6 is 9.24 Å². The molecule has 1 aromatic heterocycles. The molecule has 4 rings (SSSR count). The molecule has 0 aliphatic carbocycles. The molecule has 0 N–H and O–H groups in total. The van der Waals surface area contributed by atoms with Crippen LogP contribution in [0.4, 0.5) is 4.39 Å². The lowest BCUT2D eigenvalue weighted by Gasteiger charge is -2.29. The van der Waals surface area contributed by atoms with Crippen LogP contribution in [-0.2, 0) is 17.8 Å². The number of halogens is 1. The van der Waals surface area contributed by atoms with E-state index in [9.17, 15) is 18.8 Å². The molecule has 9 heteroatoms. The molecule has 0 radical (unpaired) electrons. The summed E-state index contributed by atoms with van der Waals surface area (Å²) in [7, 11) is 2.67. The van der Waals surface area contributed by atoms with Crippen molar-refractivity contribution in [2.24, 2.45) is 5.92 Å². The number of ether oxygens (including phenoxy) is 1. The average Bonchev–Trinajstić information content (AvgIpc) is 2.83. The van der Waals surface area contributed by atoms with Gasteiger partial charge in [-0.15, -0.1) is 9.24 Å². The second-order valence-corrected chi connectivity index (χ2v) is 9.50. The molecule has 1 atom stereocenters. The zero-order valence-corrected chi connectivity index (χ0v) is 21.9.